The van der Waals surface area contributed by atoms with Gasteiger partial charge in [0.15, 0.2) is 0 Å². The number of amides is 1. The van der Waals surface area contributed by atoms with Crippen molar-refractivity contribution in [3.63, 3.8) is 0 Å². The molecule has 94 valence electrons. The van der Waals surface area contributed by atoms with Crippen molar-refractivity contribution < 1.29 is 19.4 Å². The Kier molecular flexibility index (Phi) is 3.25. The van der Waals surface area contributed by atoms with Gasteiger partial charge in [-0.15, -0.1) is 0 Å². The first-order valence-electron chi connectivity index (χ1n) is 5.13. The van der Waals surface area contributed by atoms with E-state index in [0.717, 1.165) is 0 Å². The first-order chi connectivity index (χ1) is 8.52. The summed E-state index contributed by atoms with van der Waals surface area (Å²) >= 11 is 5.81. The number of halogens is 1. The molecule has 0 radical (unpaired) electrons. The van der Waals surface area contributed by atoms with Gasteiger partial charge in [-0.1, -0.05) is 11.6 Å². The van der Waals surface area contributed by atoms with Gasteiger partial charge in [0.25, 0.3) is 0 Å². The molecule has 2 rings (SSSR count). The third kappa shape index (κ3) is 2.17. The van der Waals surface area contributed by atoms with E-state index in [2.05, 4.69) is 10.1 Å². The molecular weight excluding hydrogens is 258 g/mol. The summed E-state index contributed by atoms with van der Waals surface area (Å²) in [7, 11) is 1.19. The second-order valence-electron chi connectivity index (χ2n) is 3.73. The first kappa shape index (κ1) is 12.4. The highest BCUT2D eigenvalue weighted by Gasteiger charge is 2.26. The van der Waals surface area contributed by atoms with Crippen molar-refractivity contribution in [2.45, 2.75) is 6.42 Å². The number of aliphatic hydroxyl groups is 1. The number of carbonyl (C=O) groups excluding carboxylic acids is 2. The number of hydrogen-bond donors (Lipinski definition) is 2. The minimum atomic E-state index is -0.731. The summed E-state index contributed by atoms with van der Waals surface area (Å²) in [5.41, 5.74) is 0.630. The summed E-state index contributed by atoms with van der Waals surface area (Å²) < 4.78 is 4.54. The molecule has 6 heteroatoms. The lowest BCUT2D eigenvalue weighted by atomic mass is 10.1. The van der Waals surface area contributed by atoms with E-state index in [9.17, 15) is 14.7 Å². The molecule has 0 aromatic heterocycles. The lowest BCUT2D eigenvalue weighted by Crippen LogP contribution is -2.14. The standard InChI is InChI=1S/C12H10ClNO4/c1-18-12(17)8-5-10(15)14-9-4-6(13)2-3-7(9)11(8)16/h2-4,16H,5H2,1H3,(H,14,15). The molecule has 1 amide bonds. The fourth-order valence-electron chi connectivity index (χ4n) is 1.72. The molecule has 1 aliphatic rings. The highest BCUT2D eigenvalue weighted by atomic mass is 35.5. The maximum Gasteiger partial charge on any atom is 0.338 e. The minimum Gasteiger partial charge on any atom is -0.507 e. The number of hydrogen-bond acceptors (Lipinski definition) is 4. The fraction of sp³-hybridized carbons (Fsp3) is 0.167. The Morgan fingerprint density at radius 1 is 1.50 bits per heavy atom. The van der Waals surface area contributed by atoms with Crippen molar-refractivity contribution in [2.24, 2.45) is 0 Å². The average Bonchev–Trinajstić information content (AvgIpc) is 2.45. The van der Waals surface area contributed by atoms with Crippen LogP contribution in [-0.4, -0.2) is 24.1 Å². The molecule has 1 heterocycles. The molecule has 18 heavy (non-hydrogen) atoms. The Morgan fingerprint density at radius 3 is 2.89 bits per heavy atom. The van der Waals surface area contributed by atoms with Crippen LogP contribution in [0.2, 0.25) is 5.02 Å². The predicted molar refractivity (Wildman–Crippen MR) is 66.3 cm³/mol. The predicted octanol–water partition coefficient (Wildman–Crippen LogP) is 2.12. The maximum absolute atomic E-state index is 11.6. The van der Waals surface area contributed by atoms with Crippen LogP contribution in [0.3, 0.4) is 0 Å². The Balaban J connectivity index is 2.61. The van der Waals surface area contributed by atoms with E-state index in [0.29, 0.717) is 16.3 Å². The quantitative estimate of drug-likeness (QED) is 0.764. The van der Waals surface area contributed by atoms with Crippen LogP contribution >= 0.6 is 11.6 Å². The van der Waals surface area contributed by atoms with Crippen molar-refractivity contribution in [2.75, 3.05) is 12.4 Å². The van der Waals surface area contributed by atoms with Gasteiger partial charge in [0.05, 0.1) is 24.8 Å². The van der Waals surface area contributed by atoms with E-state index >= 15 is 0 Å². The number of aliphatic hydroxyl groups excluding tert-OH is 1. The highest BCUT2D eigenvalue weighted by molar-refractivity contribution is 6.31. The SMILES string of the molecule is COC(=O)C1=C(O)c2ccc(Cl)cc2NC(=O)C1. The summed E-state index contributed by atoms with van der Waals surface area (Å²) in [6, 6.07) is 4.59. The number of benzene rings is 1. The third-order valence-electron chi connectivity index (χ3n) is 2.57. The molecule has 1 aromatic rings. The van der Waals surface area contributed by atoms with Crippen LogP contribution in [0.4, 0.5) is 5.69 Å². The summed E-state index contributed by atoms with van der Waals surface area (Å²) in [5, 5.41) is 13.0. The molecule has 1 aromatic carbocycles. The van der Waals surface area contributed by atoms with Crippen molar-refractivity contribution in [1.29, 1.82) is 0 Å². The Hall–Kier alpha value is -2.01. The summed E-state index contributed by atoms with van der Waals surface area (Å²) in [5.74, 6) is -1.42. The van der Waals surface area contributed by atoms with Gasteiger partial charge in [0.1, 0.15) is 5.76 Å². The third-order valence-corrected chi connectivity index (χ3v) is 2.80. The van der Waals surface area contributed by atoms with Crippen LogP contribution in [-0.2, 0) is 14.3 Å². The first-order valence-corrected chi connectivity index (χ1v) is 5.51. The van der Waals surface area contributed by atoms with E-state index in [1.54, 1.807) is 6.07 Å². The monoisotopic (exact) mass is 267 g/mol. The van der Waals surface area contributed by atoms with Crippen molar-refractivity contribution in [3.05, 3.63) is 34.4 Å². The number of anilines is 1. The van der Waals surface area contributed by atoms with Gasteiger partial charge < -0.3 is 15.2 Å². The number of ether oxygens (including phenoxy) is 1. The minimum absolute atomic E-state index is 0.0731. The number of rotatable bonds is 1. The second-order valence-corrected chi connectivity index (χ2v) is 4.17. The topological polar surface area (TPSA) is 75.6 Å². The fourth-order valence-corrected chi connectivity index (χ4v) is 1.89. The van der Waals surface area contributed by atoms with E-state index in [4.69, 9.17) is 11.6 Å². The molecular formula is C12H10ClNO4. The van der Waals surface area contributed by atoms with Crippen LogP contribution < -0.4 is 5.32 Å². The Labute approximate surface area is 108 Å². The van der Waals surface area contributed by atoms with Crippen LogP contribution in [0.15, 0.2) is 23.8 Å². The molecule has 2 N–H and O–H groups in total. The number of methoxy groups -OCH3 is 1. The summed E-state index contributed by atoms with van der Waals surface area (Å²) in [6.07, 6.45) is -0.245. The average molecular weight is 268 g/mol. The Morgan fingerprint density at radius 2 is 2.22 bits per heavy atom. The highest BCUT2D eigenvalue weighted by Crippen LogP contribution is 2.31. The number of esters is 1. The van der Waals surface area contributed by atoms with E-state index < -0.39 is 11.9 Å². The lowest BCUT2D eigenvalue weighted by molar-refractivity contribution is -0.137. The zero-order valence-corrected chi connectivity index (χ0v) is 10.2. The second kappa shape index (κ2) is 4.70. The van der Waals surface area contributed by atoms with E-state index in [1.165, 1.54) is 19.2 Å². The van der Waals surface area contributed by atoms with Gasteiger partial charge >= 0.3 is 5.97 Å². The van der Waals surface area contributed by atoms with Crippen molar-refractivity contribution in [3.8, 4) is 0 Å². The molecule has 0 fully saturated rings. The number of carbonyl (C=O) groups is 2. The van der Waals surface area contributed by atoms with Gasteiger partial charge in [0, 0.05) is 10.6 Å². The molecule has 0 saturated carbocycles. The largest absolute Gasteiger partial charge is 0.507 e. The van der Waals surface area contributed by atoms with Crippen molar-refractivity contribution >= 4 is 34.9 Å². The summed E-state index contributed by atoms with van der Waals surface area (Å²) in [4.78, 5) is 23.1. The Bertz CT molecular complexity index is 565. The number of nitrogens with one attached hydrogen (secondary N) is 1. The van der Waals surface area contributed by atoms with Gasteiger partial charge in [0.2, 0.25) is 5.91 Å². The van der Waals surface area contributed by atoms with Gasteiger partial charge in [-0.2, -0.15) is 0 Å². The van der Waals surface area contributed by atoms with Gasteiger partial charge in [-0.3, -0.25) is 4.79 Å². The molecule has 0 atom stereocenters. The van der Waals surface area contributed by atoms with Crippen LogP contribution in [0.1, 0.15) is 12.0 Å². The van der Waals surface area contributed by atoms with Crippen LogP contribution in [0.5, 0.6) is 0 Å². The van der Waals surface area contributed by atoms with Crippen molar-refractivity contribution in [1.82, 2.24) is 0 Å². The van der Waals surface area contributed by atoms with E-state index in [-0.39, 0.29) is 17.8 Å². The zero-order valence-electron chi connectivity index (χ0n) is 9.49. The van der Waals surface area contributed by atoms with Gasteiger partial charge in [-0.05, 0) is 18.2 Å². The number of fused-ring (bicyclic) bond motifs is 1. The van der Waals surface area contributed by atoms with Crippen LogP contribution in [0.25, 0.3) is 5.76 Å². The molecule has 0 saturated heterocycles. The molecule has 0 aliphatic carbocycles. The van der Waals surface area contributed by atoms with Gasteiger partial charge in [-0.25, -0.2) is 4.79 Å². The maximum atomic E-state index is 11.6. The zero-order chi connectivity index (χ0) is 13.3. The molecule has 1 aliphatic heterocycles. The van der Waals surface area contributed by atoms with E-state index in [1.807, 2.05) is 0 Å². The normalized spacial score (nSPS) is 14.7. The smallest absolute Gasteiger partial charge is 0.338 e. The molecule has 0 spiro atoms. The lowest BCUT2D eigenvalue weighted by Gasteiger charge is -2.07. The summed E-state index contributed by atoms with van der Waals surface area (Å²) in [6.45, 7) is 0. The van der Waals surface area contributed by atoms with Crippen LogP contribution in [0, 0.1) is 0 Å². The molecule has 0 bridgehead atoms. The molecule has 0 unspecified atom stereocenters. The molecule has 5 nitrogen and oxygen atoms in total.